The maximum atomic E-state index is 11.8. The second kappa shape index (κ2) is 5.64. The molecule has 0 aromatic carbocycles. The number of hydrogen-bond donors (Lipinski definition) is 1. The molecule has 2 rings (SSSR count). The highest BCUT2D eigenvalue weighted by atomic mass is 35.5. The van der Waals surface area contributed by atoms with E-state index in [4.69, 9.17) is 23.2 Å². The smallest absolute Gasteiger partial charge is 0.252 e. The molecule has 1 amide bonds. The lowest BCUT2D eigenvalue weighted by molar-refractivity contribution is 0.0953. The van der Waals surface area contributed by atoms with Crippen LogP contribution in [0.3, 0.4) is 0 Å². The fraction of sp³-hybridized carbons (Fsp3) is 0.455. The molecule has 1 fully saturated rings. The first-order chi connectivity index (χ1) is 8.90. The number of nitrogens with one attached hydrogen (secondary N) is 1. The number of carbonyl (C=O) groups excluding carboxylic acids is 1. The van der Waals surface area contributed by atoms with Gasteiger partial charge in [-0.25, -0.2) is 13.4 Å². The van der Waals surface area contributed by atoms with Crippen LogP contribution in [0.25, 0.3) is 0 Å². The molecule has 104 valence electrons. The van der Waals surface area contributed by atoms with E-state index in [0.717, 1.165) is 0 Å². The summed E-state index contributed by atoms with van der Waals surface area (Å²) in [6, 6.07) is 1.40. The third kappa shape index (κ3) is 3.38. The van der Waals surface area contributed by atoms with Crippen molar-refractivity contribution in [2.24, 2.45) is 0 Å². The molecule has 0 radical (unpaired) electrons. The van der Waals surface area contributed by atoms with Crippen molar-refractivity contribution in [2.45, 2.75) is 18.1 Å². The Morgan fingerprint density at radius 2 is 2.21 bits per heavy atom. The van der Waals surface area contributed by atoms with Crippen LogP contribution < -0.4 is 5.32 Å². The Hall–Kier alpha value is -0.850. The Labute approximate surface area is 121 Å². The van der Waals surface area contributed by atoms with Crippen molar-refractivity contribution in [3.8, 4) is 0 Å². The van der Waals surface area contributed by atoms with E-state index in [-0.39, 0.29) is 28.0 Å². The molecule has 1 aliphatic rings. The van der Waals surface area contributed by atoms with Crippen molar-refractivity contribution in [3.05, 3.63) is 28.0 Å². The number of rotatable bonds is 3. The van der Waals surface area contributed by atoms with Gasteiger partial charge in [0.15, 0.2) is 9.84 Å². The molecule has 1 N–H and O–H groups in total. The molecule has 1 unspecified atom stereocenters. The zero-order chi connectivity index (χ0) is 14.0. The van der Waals surface area contributed by atoms with Crippen LogP contribution >= 0.6 is 23.2 Å². The van der Waals surface area contributed by atoms with Crippen molar-refractivity contribution in [1.82, 2.24) is 10.3 Å². The van der Waals surface area contributed by atoms with Crippen LogP contribution in [0.15, 0.2) is 12.3 Å². The van der Waals surface area contributed by atoms with Crippen molar-refractivity contribution >= 4 is 38.9 Å². The molecule has 0 aliphatic carbocycles. The number of sulfone groups is 1. The molecule has 0 spiro atoms. The summed E-state index contributed by atoms with van der Waals surface area (Å²) in [5, 5.41) is 2.40. The molecule has 0 saturated carbocycles. The summed E-state index contributed by atoms with van der Waals surface area (Å²) in [5.74, 6) is -0.213. The Kier molecular flexibility index (Phi) is 4.32. The number of amides is 1. The molecular weight excluding hydrogens is 311 g/mol. The van der Waals surface area contributed by atoms with Gasteiger partial charge < -0.3 is 5.32 Å². The summed E-state index contributed by atoms with van der Waals surface area (Å²) >= 11 is 11.4. The first kappa shape index (κ1) is 14.6. The molecule has 2 heterocycles. The minimum atomic E-state index is -3.06. The van der Waals surface area contributed by atoms with Gasteiger partial charge in [-0.3, -0.25) is 4.79 Å². The monoisotopic (exact) mass is 322 g/mol. The molecular formula is C11H12Cl2N2O3S. The SMILES string of the molecule is O=C(NCC1CCCS1(=O)=O)c1cnc(Cl)c(Cl)c1. The zero-order valence-corrected chi connectivity index (χ0v) is 12.2. The lowest BCUT2D eigenvalue weighted by Crippen LogP contribution is -2.34. The van der Waals surface area contributed by atoms with E-state index in [2.05, 4.69) is 10.3 Å². The summed E-state index contributed by atoms with van der Waals surface area (Å²) in [4.78, 5) is 15.6. The fourth-order valence-electron chi connectivity index (χ4n) is 1.94. The minimum absolute atomic E-state index is 0.113. The third-order valence-electron chi connectivity index (χ3n) is 3.01. The predicted octanol–water partition coefficient (Wildman–Crippen LogP) is 1.70. The average molecular weight is 323 g/mol. The number of nitrogens with zero attached hydrogens (tertiary/aromatic N) is 1. The number of aromatic nitrogens is 1. The lowest BCUT2D eigenvalue weighted by Gasteiger charge is -2.10. The molecule has 1 atom stereocenters. The van der Waals surface area contributed by atoms with Crippen LogP contribution in [0.2, 0.25) is 10.2 Å². The number of halogens is 2. The third-order valence-corrected chi connectivity index (χ3v) is 5.97. The zero-order valence-electron chi connectivity index (χ0n) is 9.90. The standard InChI is InChI=1S/C11H12Cl2N2O3S/c12-9-4-7(5-14-10(9)13)11(16)15-6-8-2-1-3-19(8,17)18/h4-5,8H,1-3,6H2,(H,15,16). The second-order valence-electron chi connectivity index (χ2n) is 4.34. The van der Waals surface area contributed by atoms with E-state index in [1.165, 1.54) is 12.3 Å². The largest absolute Gasteiger partial charge is 0.351 e. The second-order valence-corrected chi connectivity index (χ2v) is 7.50. The van der Waals surface area contributed by atoms with Gasteiger partial charge in [-0.1, -0.05) is 23.2 Å². The molecule has 8 heteroatoms. The maximum Gasteiger partial charge on any atom is 0.252 e. The number of carbonyl (C=O) groups is 1. The lowest BCUT2D eigenvalue weighted by atomic mass is 10.2. The first-order valence-electron chi connectivity index (χ1n) is 5.71. The van der Waals surface area contributed by atoms with Crippen LogP contribution in [0.1, 0.15) is 23.2 Å². The first-order valence-corrected chi connectivity index (χ1v) is 8.18. The van der Waals surface area contributed by atoms with Crippen molar-refractivity contribution < 1.29 is 13.2 Å². The fourth-order valence-corrected chi connectivity index (χ4v) is 3.98. The van der Waals surface area contributed by atoms with Crippen molar-refractivity contribution in [3.63, 3.8) is 0 Å². The number of hydrogen-bond acceptors (Lipinski definition) is 4. The van der Waals surface area contributed by atoms with Crippen LogP contribution in [0.5, 0.6) is 0 Å². The quantitative estimate of drug-likeness (QED) is 0.859. The van der Waals surface area contributed by atoms with Crippen molar-refractivity contribution in [2.75, 3.05) is 12.3 Å². The molecule has 5 nitrogen and oxygen atoms in total. The Morgan fingerprint density at radius 1 is 1.47 bits per heavy atom. The maximum absolute atomic E-state index is 11.8. The van der Waals surface area contributed by atoms with Crippen LogP contribution in [0.4, 0.5) is 0 Å². The van der Waals surface area contributed by atoms with E-state index in [1.807, 2.05) is 0 Å². The summed E-state index contributed by atoms with van der Waals surface area (Å²) in [6.07, 6.45) is 2.53. The number of pyridine rings is 1. The topological polar surface area (TPSA) is 76.1 Å². The summed E-state index contributed by atoms with van der Waals surface area (Å²) in [7, 11) is -3.06. The van der Waals surface area contributed by atoms with Gasteiger partial charge in [0.2, 0.25) is 0 Å². The van der Waals surface area contributed by atoms with Gasteiger partial charge in [0.25, 0.3) is 5.91 Å². The molecule has 1 aromatic rings. The van der Waals surface area contributed by atoms with Gasteiger partial charge in [0.1, 0.15) is 5.15 Å². The van der Waals surface area contributed by atoms with E-state index in [1.54, 1.807) is 0 Å². The molecule has 0 bridgehead atoms. The van der Waals surface area contributed by atoms with E-state index >= 15 is 0 Å². The van der Waals surface area contributed by atoms with Gasteiger partial charge in [-0.15, -0.1) is 0 Å². The molecule has 1 aromatic heterocycles. The Balaban J connectivity index is 2.00. The van der Waals surface area contributed by atoms with Gasteiger partial charge in [0.05, 0.1) is 21.6 Å². The minimum Gasteiger partial charge on any atom is -0.351 e. The normalized spacial score (nSPS) is 21.3. The van der Waals surface area contributed by atoms with Gasteiger partial charge in [-0.2, -0.15) is 0 Å². The summed E-state index contributed by atoms with van der Waals surface area (Å²) in [5.41, 5.74) is 0.254. The molecule has 1 saturated heterocycles. The Morgan fingerprint density at radius 3 is 2.79 bits per heavy atom. The summed E-state index contributed by atoms with van der Waals surface area (Å²) in [6.45, 7) is 0.113. The highest BCUT2D eigenvalue weighted by Gasteiger charge is 2.31. The highest BCUT2D eigenvalue weighted by molar-refractivity contribution is 7.92. The van der Waals surface area contributed by atoms with Crippen molar-refractivity contribution in [1.29, 1.82) is 0 Å². The molecule has 1 aliphatic heterocycles. The van der Waals surface area contributed by atoms with Crippen LogP contribution in [-0.4, -0.2) is 36.9 Å². The van der Waals surface area contributed by atoms with Crippen LogP contribution in [-0.2, 0) is 9.84 Å². The van der Waals surface area contributed by atoms with Gasteiger partial charge in [-0.05, 0) is 18.9 Å². The van der Waals surface area contributed by atoms with E-state index in [0.29, 0.717) is 12.8 Å². The van der Waals surface area contributed by atoms with Gasteiger partial charge in [0, 0.05) is 12.7 Å². The molecule has 19 heavy (non-hydrogen) atoms. The van der Waals surface area contributed by atoms with E-state index in [9.17, 15) is 13.2 Å². The summed E-state index contributed by atoms with van der Waals surface area (Å²) < 4.78 is 23.2. The Bertz CT molecular complexity index is 604. The van der Waals surface area contributed by atoms with Gasteiger partial charge >= 0.3 is 0 Å². The van der Waals surface area contributed by atoms with E-state index < -0.39 is 21.0 Å². The predicted molar refractivity (Wildman–Crippen MR) is 73.4 cm³/mol. The highest BCUT2D eigenvalue weighted by Crippen LogP contribution is 2.21. The van der Waals surface area contributed by atoms with Crippen LogP contribution in [0, 0.1) is 0 Å². The average Bonchev–Trinajstić information content (AvgIpc) is 2.69.